The Morgan fingerprint density at radius 2 is 2.12 bits per heavy atom. The van der Waals surface area contributed by atoms with Gasteiger partial charge in [-0.3, -0.25) is 4.79 Å². The van der Waals surface area contributed by atoms with E-state index in [4.69, 9.17) is 5.26 Å². The van der Waals surface area contributed by atoms with Crippen molar-refractivity contribution in [3.63, 3.8) is 0 Å². The number of halogens is 1. The van der Waals surface area contributed by atoms with Crippen LogP contribution in [0.25, 0.3) is 0 Å². The minimum absolute atomic E-state index is 0.0930. The summed E-state index contributed by atoms with van der Waals surface area (Å²) in [6.07, 6.45) is 1.64. The van der Waals surface area contributed by atoms with E-state index in [1.807, 2.05) is 11.0 Å². The van der Waals surface area contributed by atoms with Crippen LogP contribution in [0.1, 0.15) is 25.3 Å². The second kappa shape index (κ2) is 8.87. The van der Waals surface area contributed by atoms with E-state index < -0.39 is 5.82 Å². The first kappa shape index (κ1) is 18.5. The third kappa shape index (κ3) is 5.64. The Morgan fingerprint density at radius 3 is 2.80 bits per heavy atom. The number of amides is 3. The lowest BCUT2D eigenvalue weighted by Crippen LogP contribution is -2.51. The maximum atomic E-state index is 14.2. The first-order chi connectivity index (χ1) is 12.0. The van der Waals surface area contributed by atoms with Crippen LogP contribution < -0.4 is 20.9 Å². The lowest BCUT2D eigenvalue weighted by molar-refractivity contribution is -0.118. The van der Waals surface area contributed by atoms with E-state index in [1.54, 1.807) is 12.1 Å². The van der Waals surface area contributed by atoms with E-state index in [0.29, 0.717) is 31.9 Å². The second-order valence-corrected chi connectivity index (χ2v) is 5.95. The van der Waals surface area contributed by atoms with Crippen LogP contribution in [0.4, 0.5) is 14.9 Å². The van der Waals surface area contributed by atoms with Gasteiger partial charge >= 0.3 is 6.03 Å². The second-order valence-electron chi connectivity index (χ2n) is 5.95. The number of carbonyl (C=O) groups excluding carboxylic acids is 2. The molecule has 0 radical (unpaired) electrons. The zero-order chi connectivity index (χ0) is 18.2. The fourth-order valence-electron chi connectivity index (χ4n) is 2.80. The predicted molar refractivity (Wildman–Crippen MR) is 91.6 cm³/mol. The van der Waals surface area contributed by atoms with Crippen LogP contribution in [-0.2, 0) is 4.79 Å². The SMILES string of the molecule is CC(=O)NCCNC(=O)N[C@@H]1CCCN(c2ccc(C#N)cc2F)C1. The van der Waals surface area contributed by atoms with E-state index in [1.165, 1.54) is 13.0 Å². The summed E-state index contributed by atoms with van der Waals surface area (Å²) in [5.41, 5.74) is 0.725. The topological polar surface area (TPSA) is 97.3 Å². The number of piperidine rings is 1. The van der Waals surface area contributed by atoms with Crippen LogP contribution >= 0.6 is 0 Å². The Morgan fingerprint density at radius 1 is 1.36 bits per heavy atom. The quantitative estimate of drug-likeness (QED) is 0.695. The molecular formula is C17H22FN5O2. The van der Waals surface area contributed by atoms with Crippen molar-refractivity contribution in [2.45, 2.75) is 25.8 Å². The van der Waals surface area contributed by atoms with E-state index in [0.717, 1.165) is 12.8 Å². The summed E-state index contributed by atoms with van der Waals surface area (Å²) in [4.78, 5) is 24.5. The fourth-order valence-corrected chi connectivity index (χ4v) is 2.80. The van der Waals surface area contributed by atoms with Crippen molar-refractivity contribution in [1.82, 2.24) is 16.0 Å². The molecule has 1 heterocycles. The van der Waals surface area contributed by atoms with Crippen molar-refractivity contribution in [3.8, 4) is 6.07 Å². The molecule has 1 aromatic carbocycles. The minimum atomic E-state index is -0.431. The number of urea groups is 1. The van der Waals surface area contributed by atoms with E-state index in [-0.39, 0.29) is 23.5 Å². The molecule has 8 heteroatoms. The number of nitrogens with zero attached hydrogens (tertiary/aromatic N) is 2. The van der Waals surface area contributed by atoms with Gasteiger partial charge in [0, 0.05) is 39.1 Å². The third-order valence-corrected chi connectivity index (χ3v) is 3.96. The molecule has 134 valence electrons. The summed E-state index contributed by atoms with van der Waals surface area (Å²) in [7, 11) is 0. The van der Waals surface area contributed by atoms with E-state index in [2.05, 4.69) is 16.0 Å². The highest BCUT2D eigenvalue weighted by Gasteiger charge is 2.23. The fraction of sp³-hybridized carbons (Fsp3) is 0.471. The van der Waals surface area contributed by atoms with Gasteiger partial charge in [0.05, 0.1) is 17.3 Å². The summed E-state index contributed by atoms with van der Waals surface area (Å²) in [5, 5.41) is 17.0. The van der Waals surface area contributed by atoms with Crippen LogP contribution in [-0.4, -0.2) is 44.2 Å². The molecule has 1 aliphatic rings. The molecule has 1 saturated heterocycles. The summed E-state index contributed by atoms with van der Waals surface area (Å²) in [5.74, 6) is -0.575. The predicted octanol–water partition coefficient (Wildman–Crippen LogP) is 1.10. The minimum Gasteiger partial charge on any atom is -0.367 e. The Kier molecular flexibility index (Phi) is 6.57. The molecule has 7 nitrogen and oxygen atoms in total. The molecule has 0 aliphatic carbocycles. The lowest BCUT2D eigenvalue weighted by atomic mass is 10.0. The Labute approximate surface area is 146 Å². The van der Waals surface area contributed by atoms with Crippen LogP contribution in [0.2, 0.25) is 0 Å². The first-order valence-electron chi connectivity index (χ1n) is 8.23. The van der Waals surface area contributed by atoms with Crippen molar-refractivity contribution in [2.75, 3.05) is 31.1 Å². The highest BCUT2D eigenvalue weighted by molar-refractivity contribution is 5.75. The van der Waals surface area contributed by atoms with Crippen LogP contribution in [0.3, 0.4) is 0 Å². The molecule has 0 saturated carbocycles. The van der Waals surface area contributed by atoms with Crippen molar-refractivity contribution in [2.24, 2.45) is 0 Å². The molecule has 1 fully saturated rings. The van der Waals surface area contributed by atoms with Gasteiger partial charge in [-0.2, -0.15) is 5.26 Å². The number of hydrogen-bond donors (Lipinski definition) is 3. The van der Waals surface area contributed by atoms with Gasteiger partial charge in [-0.25, -0.2) is 9.18 Å². The zero-order valence-corrected chi connectivity index (χ0v) is 14.1. The largest absolute Gasteiger partial charge is 0.367 e. The van der Waals surface area contributed by atoms with E-state index >= 15 is 0 Å². The van der Waals surface area contributed by atoms with Crippen molar-refractivity contribution >= 4 is 17.6 Å². The van der Waals surface area contributed by atoms with Gasteiger partial charge in [-0.05, 0) is 31.0 Å². The highest BCUT2D eigenvalue weighted by Crippen LogP contribution is 2.24. The lowest BCUT2D eigenvalue weighted by Gasteiger charge is -2.35. The molecule has 0 bridgehead atoms. The van der Waals surface area contributed by atoms with Crippen LogP contribution in [0.5, 0.6) is 0 Å². The third-order valence-electron chi connectivity index (χ3n) is 3.96. The Balaban J connectivity index is 1.85. The molecule has 0 aromatic heterocycles. The maximum absolute atomic E-state index is 14.2. The number of nitrogens with one attached hydrogen (secondary N) is 3. The molecule has 0 unspecified atom stereocenters. The number of nitriles is 1. The smallest absolute Gasteiger partial charge is 0.315 e. The van der Waals surface area contributed by atoms with Gasteiger partial charge < -0.3 is 20.9 Å². The molecule has 0 spiro atoms. The number of rotatable bonds is 5. The monoisotopic (exact) mass is 347 g/mol. The summed E-state index contributed by atoms with van der Waals surface area (Å²) in [6.45, 7) is 3.33. The Hall–Kier alpha value is -2.82. The van der Waals surface area contributed by atoms with Gasteiger partial charge in [-0.1, -0.05) is 0 Å². The Bertz CT molecular complexity index is 673. The normalized spacial score (nSPS) is 16.7. The van der Waals surface area contributed by atoms with E-state index in [9.17, 15) is 14.0 Å². The zero-order valence-electron chi connectivity index (χ0n) is 14.1. The van der Waals surface area contributed by atoms with Crippen LogP contribution in [0, 0.1) is 17.1 Å². The van der Waals surface area contributed by atoms with Gasteiger partial charge in [0.15, 0.2) is 0 Å². The first-order valence-corrected chi connectivity index (χ1v) is 8.23. The number of benzene rings is 1. The standard InChI is InChI=1S/C17H22FN5O2/c1-12(24)20-6-7-21-17(25)22-14-3-2-8-23(11-14)16-5-4-13(10-19)9-15(16)18/h4-5,9,14H,2-3,6-8,11H2,1H3,(H,20,24)(H2,21,22,25)/t14-/m1/s1. The summed E-state index contributed by atoms with van der Waals surface area (Å²) < 4.78 is 14.2. The van der Waals surface area contributed by atoms with Crippen molar-refractivity contribution < 1.29 is 14.0 Å². The van der Waals surface area contributed by atoms with Crippen molar-refractivity contribution in [1.29, 1.82) is 5.26 Å². The molecular weight excluding hydrogens is 325 g/mol. The summed E-state index contributed by atoms with van der Waals surface area (Å²) >= 11 is 0. The molecule has 3 N–H and O–H groups in total. The molecule has 1 aliphatic heterocycles. The average molecular weight is 347 g/mol. The number of carbonyl (C=O) groups is 2. The van der Waals surface area contributed by atoms with Gasteiger partial charge in [0.2, 0.25) is 5.91 Å². The molecule has 25 heavy (non-hydrogen) atoms. The number of anilines is 1. The molecule has 1 atom stereocenters. The average Bonchev–Trinajstić information content (AvgIpc) is 2.58. The maximum Gasteiger partial charge on any atom is 0.315 e. The van der Waals surface area contributed by atoms with Gasteiger partial charge in [0.1, 0.15) is 5.82 Å². The van der Waals surface area contributed by atoms with Crippen molar-refractivity contribution in [3.05, 3.63) is 29.6 Å². The number of hydrogen-bond acceptors (Lipinski definition) is 4. The molecule has 3 amide bonds. The molecule has 2 rings (SSSR count). The highest BCUT2D eigenvalue weighted by atomic mass is 19.1. The summed E-state index contributed by atoms with van der Waals surface area (Å²) in [6, 6.07) is 5.92. The van der Waals surface area contributed by atoms with Gasteiger partial charge in [-0.15, -0.1) is 0 Å². The van der Waals surface area contributed by atoms with Gasteiger partial charge in [0.25, 0.3) is 0 Å². The van der Waals surface area contributed by atoms with Crippen LogP contribution in [0.15, 0.2) is 18.2 Å². The molecule has 1 aromatic rings.